The second kappa shape index (κ2) is 7.50. The molecule has 0 saturated carbocycles. The third kappa shape index (κ3) is 4.09. The number of para-hydroxylation sites is 2. The third-order valence-corrected chi connectivity index (χ3v) is 4.79. The van der Waals surface area contributed by atoms with E-state index >= 15 is 0 Å². The average Bonchev–Trinajstić information content (AvgIpc) is 3.05. The quantitative estimate of drug-likeness (QED) is 0.402. The number of nitrogens with zero attached hydrogens (tertiary/aromatic N) is 1. The van der Waals surface area contributed by atoms with Gasteiger partial charge in [0.2, 0.25) is 0 Å². The Morgan fingerprint density at radius 2 is 1.96 bits per heavy atom. The summed E-state index contributed by atoms with van der Waals surface area (Å²) >= 11 is 1.12. The first-order chi connectivity index (χ1) is 12.8. The fourth-order valence-electron chi connectivity index (χ4n) is 2.36. The van der Waals surface area contributed by atoms with Gasteiger partial charge in [-0.2, -0.15) is 0 Å². The van der Waals surface area contributed by atoms with Crippen molar-refractivity contribution in [2.45, 2.75) is 13.0 Å². The number of carbonyl (C=O) groups excluding carboxylic acids is 2. The maximum atomic E-state index is 13.2. The van der Waals surface area contributed by atoms with Crippen molar-refractivity contribution in [1.82, 2.24) is 0 Å². The van der Waals surface area contributed by atoms with Gasteiger partial charge in [0.1, 0.15) is 16.4 Å². The van der Waals surface area contributed by atoms with E-state index in [2.05, 4.69) is 5.32 Å². The number of benzene rings is 2. The summed E-state index contributed by atoms with van der Waals surface area (Å²) in [4.78, 5) is 35.1. The fraction of sp³-hybridized carbons (Fsp3) is 0.111. The first-order valence-electron chi connectivity index (χ1n) is 7.79. The Morgan fingerprint density at radius 1 is 1.22 bits per heavy atom. The molecule has 1 atom stereocenters. The molecule has 1 amide bonds. The largest absolute Gasteiger partial charge is 0.448 e. The number of nitro groups is 1. The van der Waals surface area contributed by atoms with Crippen LogP contribution in [0.4, 0.5) is 15.8 Å². The number of nitrogens with one attached hydrogen (secondary N) is 1. The molecule has 0 saturated heterocycles. The van der Waals surface area contributed by atoms with Gasteiger partial charge in [-0.1, -0.05) is 12.1 Å². The van der Waals surface area contributed by atoms with Gasteiger partial charge in [0, 0.05) is 10.8 Å². The molecule has 0 fully saturated rings. The first kappa shape index (κ1) is 18.5. The van der Waals surface area contributed by atoms with Crippen LogP contribution in [0.25, 0.3) is 10.1 Å². The Kier molecular flexibility index (Phi) is 5.13. The molecule has 1 N–H and O–H groups in total. The highest BCUT2D eigenvalue weighted by Gasteiger charge is 2.23. The van der Waals surface area contributed by atoms with Crippen molar-refractivity contribution < 1.29 is 23.6 Å². The molecule has 1 heterocycles. The van der Waals surface area contributed by atoms with Gasteiger partial charge in [0.25, 0.3) is 11.6 Å². The zero-order valence-corrected chi connectivity index (χ0v) is 14.8. The van der Waals surface area contributed by atoms with Gasteiger partial charge in [-0.25, -0.2) is 9.18 Å². The molecule has 27 heavy (non-hydrogen) atoms. The number of hydrogen-bond donors (Lipinski definition) is 1. The first-order valence-corrected chi connectivity index (χ1v) is 8.61. The summed E-state index contributed by atoms with van der Waals surface area (Å²) in [6.45, 7) is 1.36. The van der Waals surface area contributed by atoms with Crippen LogP contribution in [0.15, 0.2) is 48.5 Å². The summed E-state index contributed by atoms with van der Waals surface area (Å²) in [5, 5.41) is 13.9. The van der Waals surface area contributed by atoms with E-state index in [4.69, 9.17) is 4.74 Å². The van der Waals surface area contributed by atoms with Crippen molar-refractivity contribution in [3.63, 3.8) is 0 Å². The minimum absolute atomic E-state index is 0.00716. The van der Waals surface area contributed by atoms with Crippen LogP contribution >= 0.6 is 11.3 Å². The van der Waals surface area contributed by atoms with Gasteiger partial charge >= 0.3 is 5.97 Å². The predicted molar refractivity (Wildman–Crippen MR) is 98.4 cm³/mol. The summed E-state index contributed by atoms with van der Waals surface area (Å²) < 4.78 is 19.1. The van der Waals surface area contributed by atoms with E-state index in [1.54, 1.807) is 6.07 Å². The van der Waals surface area contributed by atoms with Crippen molar-refractivity contribution in [3.8, 4) is 0 Å². The molecule has 1 aromatic heterocycles. The second-order valence-electron chi connectivity index (χ2n) is 5.60. The number of ether oxygens (including phenoxy) is 1. The molecule has 0 radical (unpaired) electrons. The molecule has 3 aromatic rings. The summed E-state index contributed by atoms with van der Waals surface area (Å²) in [7, 11) is 0. The highest BCUT2D eigenvalue weighted by atomic mass is 32.1. The monoisotopic (exact) mass is 388 g/mol. The van der Waals surface area contributed by atoms with E-state index in [-0.39, 0.29) is 16.3 Å². The van der Waals surface area contributed by atoms with Crippen LogP contribution < -0.4 is 5.32 Å². The van der Waals surface area contributed by atoms with Crippen molar-refractivity contribution >= 4 is 44.7 Å². The molecule has 2 aromatic carbocycles. The van der Waals surface area contributed by atoms with Crippen LogP contribution in [-0.2, 0) is 9.53 Å². The van der Waals surface area contributed by atoms with Gasteiger partial charge in [-0.15, -0.1) is 11.3 Å². The van der Waals surface area contributed by atoms with Crippen molar-refractivity contribution in [1.29, 1.82) is 0 Å². The number of hydrogen-bond acceptors (Lipinski definition) is 6. The van der Waals surface area contributed by atoms with Gasteiger partial charge in [-0.05, 0) is 42.6 Å². The van der Waals surface area contributed by atoms with Crippen LogP contribution in [0.1, 0.15) is 16.6 Å². The van der Waals surface area contributed by atoms with Crippen molar-refractivity contribution in [3.05, 3.63) is 69.3 Å². The molecular weight excluding hydrogens is 375 g/mol. The number of anilines is 1. The average molecular weight is 388 g/mol. The summed E-state index contributed by atoms with van der Waals surface area (Å²) in [6.07, 6.45) is -1.18. The Hall–Kier alpha value is -3.33. The summed E-state index contributed by atoms with van der Waals surface area (Å²) in [5.41, 5.74) is -0.261. The highest BCUT2D eigenvalue weighted by molar-refractivity contribution is 7.20. The van der Waals surface area contributed by atoms with E-state index in [0.717, 1.165) is 11.3 Å². The topological polar surface area (TPSA) is 98.5 Å². The SMILES string of the molecule is C[C@@H](OC(=O)c1cc2cc(F)ccc2s1)C(=O)Nc1ccccc1[N+](=O)[O-]. The van der Waals surface area contributed by atoms with E-state index in [1.165, 1.54) is 49.4 Å². The third-order valence-electron chi connectivity index (χ3n) is 3.69. The summed E-state index contributed by atoms with van der Waals surface area (Å²) in [5.74, 6) is -1.86. The predicted octanol–water partition coefficient (Wildman–Crippen LogP) is 4.13. The zero-order chi connectivity index (χ0) is 19.6. The van der Waals surface area contributed by atoms with E-state index in [1.807, 2.05) is 0 Å². The molecule has 138 valence electrons. The lowest BCUT2D eigenvalue weighted by Gasteiger charge is -2.13. The van der Waals surface area contributed by atoms with Gasteiger partial charge in [0.05, 0.1) is 4.92 Å². The number of carbonyl (C=O) groups is 2. The molecule has 9 heteroatoms. The molecule has 0 spiro atoms. The molecule has 3 rings (SSSR count). The standard InChI is InChI=1S/C18H13FN2O5S/c1-10(17(22)20-13-4-2-3-5-14(13)21(24)25)26-18(23)16-9-11-8-12(19)6-7-15(11)27-16/h2-10H,1H3,(H,20,22)/t10-/m1/s1. The Balaban J connectivity index is 1.70. The lowest BCUT2D eigenvalue weighted by atomic mass is 10.2. The molecule has 0 aliphatic carbocycles. The second-order valence-corrected chi connectivity index (χ2v) is 6.69. The van der Waals surface area contributed by atoms with Crippen molar-refractivity contribution in [2.75, 3.05) is 5.32 Å². The molecule has 0 unspecified atom stereocenters. The molecule has 0 aliphatic rings. The Labute approximate surface area is 156 Å². The molecule has 0 bridgehead atoms. The number of rotatable bonds is 5. The van der Waals surface area contributed by atoms with E-state index in [9.17, 15) is 24.1 Å². The van der Waals surface area contributed by atoms with Gasteiger partial charge < -0.3 is 10.1 Å². The Bertz CT molecular complexity index is 1050. The number of amides is 1. The van der Waals surface area contributed by atoms with E-state index in [0.29, 0.717) is 10.1 Å². The molecule has 7 nitrogen and oxygen atoms in total. The molecular formula is C18H13FN2O5S. The van der Waals surface area contributed by atoms with Crippen LogP contribution in [0.5, 0.6) is 0 Å². The number of fused-ring (bicyclic) bond motifs is 1. The highest BCUT2D eigenvalue weighted by Crippen LogP contribution is 2.27. The Morgan fingerprint density at radius 3 is 2.70 bits per heavy atom. The van der Waals surface area contributed by atoms with Crippen LogP contribution in [0.3, 0.4) is 0 Å². The number of nitro benzene ring substituents is 1. The lowest BCUT2D eigenvalue weighted by Crippen LogP contribution is -2.30. The number of halogens is 1. The normalized spacial score (nSPS) is 11.8. The van der Waals surface area contributed by atoms with Gasteiger partial charge in [0.15, 0.2) is 6.10 Å². The van der Waals surface area contributed by atoms with E-state index < -0.39 is 28.7 Å². The van der Waals surface area contributed by atoms with Crippen LogP contribution in [-0.4, -0.2) is 22.9 Å². The zero-order valence-electron chi connectivity index (χ0n) is 14.0. The van der Waals surface area contributed by atoms with Crippen molar-refractivity contribution in [2.24, 2.45) is 0 Å². The smallest absolute Gasteiger partial charge is 0.349 e. The summed E-state index contributed by atoms with van der Waals surface area (Å²) in [6, 6.07) is 11.3. The minimum Gasteiger partial charge on any atom is -0.448 e. The minimum atomic E-state index is -1.18. The fourth-order valence-corrected chi connectivity index (χ4v) is 3.29. The van der Waals surface area contributed by atoms with Crippen LogP contribution in [0, 0.1) is 15.9 Å². The lowest BCUT2D eigenvalue weighted by molar-refractivity contribution is -0.383. The van der Waals surface area contributed by atoms with Gasteiger partial charge in [-0.3, -0.25) is 14.9 Å². The molecule has 0 aliphatic heterocycles. The van der Waals surface area contributed by atoms with Crippen LogP contribution in [0.2, 0.25) is 0 Å². The number of thiophene rings is 1. The number of esters is 1. The maximum absolute atomic E-state index is 13.2. The maximum Gasteiger partial charge on any atom is 0.349 e.